The molecule has 1 aromatic carbocycles. The van der Waals surface area contributed by atoms with Gasteiger partial charge >= 0.3 is 12.1 Å². The smallest absolute Gasteiger partial charge is 0.410 e. The first kappa shape index (κ1) is 27.5. The fraction of sp³-hybridized carbons (Fsp3) is 0.520. The van der Waals surface area contributed by atoms with E-state index in [-0.39, 0.29) is 43.1 Å². The van der Waals surface area contributed by atoms with Gasteiger partial charge in [0.2, 0.25) is 0 Å². The molecule has 0 spiro atoms. The fourth-order valence-corrected chi connectivity index (χ4v) is 5.31. The van der Waals surface area contributed by atoms with E-state index < -0.39 is 18.1 Å². The summed E-state index contributed by atoms with van der Waals surface area (Å²) in [4.78, 5) is 27.5. The van der Waals surface area contributed by atoms with Crippen LogP contribution in [0.3, 0.4) is 0 Å². The first-order chi connectivity index (χ1) is 16.6. The molecule has 1 saturated heterocycles. The summed E-state index contributed by atoms with van der Waals surface area (Å²) in [7, 11) is 0. The monoisotopic (exact) mass is 573 g/mol. The van der Waals surface area contributed by atoms with Crippen LogP contribution in [0.4, 0.5) is 13.6 Å². The van der Waals surface area contributed by atoms with E-state index in [0.29, 0.717) is 35.2 Å². The lowest BCUT2D eigenvalue weighted by Gasteiger charge is -2.36. The predicted octanol–water partition coefficient (Wildman–Crippen LogP) is 6.15. The van der Waals surface area contributed by atoms with Gasteiger partial charge in [0.1, 0.15) is 11.0 Å². The van der Waals surface area contributed by atoms with Crippen molar-refractivity contribution in [1.82, 2.24) is 4.90 Å². The summed E-state index contributed by atoms with van der Waals surface area (Å²) >= 11 is 4.54. The Morgan fingerprint density at radius 1 is 1.34 bits per heavy atom. The number of carbonyl (C=O) groups excluding carboxylic acids is 2. The Morgan fingerprint density at radius 3 is 2.83 bits per heavy atom. The quantitative estimate of drug-likeness (QED) is 0.326. The lowest BCUT2D eigenvalue weighted by Crippen LogP contribution is -2.47. The number of aliphatic hydroxyl groups is 1. The van der Waals surface area contributed by atoms with Crippen LogP contribution in [0, 0.1) is 0 Å². The summed E-state index contributed by atoms with van der Waals surface area (Å²) in [5.74, 6) is -3.76. The van der Waals surface area contributed by atoms with Gasteiger partial charge in [-0.3, -0.25) is 0 Å². The zero-order chi connectivity index (χ0) is 25.6. The van der Waals surface area contributed by atoms with E-state index in [0.717, 1.165) is 4.88 Å². The van der Waals surface area contributed by atoms with E-state index in [2.05, 4.69) is 15.9 Å². The van der Waals surface area contributed by atoms with E-state index >= 15 is 0 Å². The van der Waals surface area contributed by atoms with Crippen LogP contribution in [0.2, 0.25) is 0 Å². The number of amides is 1. The topological polar surface area (TPSA) is 76.1 Å². The Kier molecular flexibility index (Phi) is 9.66. The number of aliphatic hydroxyl groups excluding tert-OH is 1. The number of halogens is 3. The van der Waals surface area contributed by atoms with Crippen molar-refractivity contribution in [3.8, 4) is 0 Å². The number of cyclic esters (lactones) is 1. The fourth-order valence-electron chi connectivity index (χ4n) is 3.98. The highest BCUT2D eigenvalue weighted by molar-refractivity contribution is 9.10. The van der Waals surface area contributed by atoms with Crippen molar-refractivity contribution in [2.24, 2.45) is 0 Å². The van der Waals surface area contributed by atoms with Crippen molar-refractivity contribution in [1.29, 1.82) is 0 Å². The molecule has 1 aromatic heterocycles. The van der Waals surface area contributed by atoms with Crippen LogP contribution in [-0.2, 0) is 21.8 Å². The van der Waals surface area contributed by atoms with Crippen LogP contribution in [0.15, 0.2) is 40.9 Å². The number of esters is 1. The molecule has 1 fully saturated rings. The van der Waals surface area contributed by atoms with Crippen LogP contribution >= 0.6 is 27.3 Å². The number of hydrogen-bond donors (Lipinski definition) is 1. The lowest BCUT2D eigenvalue weighted by molar-refractivity contribution is -0.120. The molecule has 2 heterocycles. The molecular weight excluding hydrogens is 544 g/mol. The largest absolute Gasteiger partial charge is 0.459 e. The summed E-state index contributed by atoms with van der Waals surface area (Å²) in [5, 5.41) is 10.3. The van der Waals surface area contributed by atoms with Crippen molar-refractivity contribution in [2.45, 2.75) is 70.1 Å². The van der Waals surface area contributed by atoms with Gasteiger partial charge in [-0.2, -0.15) is 8.78 Å². The maximum absolute atomic E-state index is 14.8. The zero-order valence-electron chi connectivity index (χ0n) is 19.7. The summed E-state index contributed by atoms with van der Waals surface area (Å²) in [6, 6.07) is 9.05. The van der Waals surface area contributed by atoms with E-state index in [1.807, 2.05) is 6.07 Å². The van der Waals surface area contributed by atoms with Crippen LogP contribution in [0.25, 0.3) is 0 Å². The van der Waals surface area contributed by atoms with Gasteiger partial charge in [-0.05, 0) is 63.8 Å². The van der Waals surface area contributed by atoms with Crippen LogP contribution in [0.5, 0.6) is 0 Å². The van der Waals surface area contributed by atoms with Crippen molar-refractivity contribution in [2.75, 3.05) is 13.2 Å². The minimum atomic E-state index is -3.41. The highest BCUT2D eigenvalue weighted by atomic mass is 79.9. The second-order valence-electron chi connectivity index (χ2n) is 8.80. The molecule has 0 bridgehead atoms. The Balaban J connectivity index is 1.54. The zero-order valence-corrected chi connectivity index (χ0v) is 22.1. The van der Waals surface area contributed by atoms with Gasteiger partial charge in [0.25, 0.3) is 5.92 Å². The number of aryl methyl sites for hydroxylation is 1. The number of thiophene rings is 1. The van der Waals surface area contributed by atoms with Gasteiger partial charge in [0.05, 0.1) is 12.7 Å². The molecule has 0 radical (unpaired) electrons. The molecule has 10 heteroatoms. The van der Waals surface area contributed by atoms with Gasteiger partial charge in [0, 0.05) is 33.9 Å². The van der Waals surface area contributed by atoms with Gasteiger partial charge in [-0.25, -0.2) is 9.59 Å². The lowest BCUT2D eigenvalue weighted by atomic mass is 9.96. The molecule has 2 aromatic rings. The number of nitrogens with zero attached hydrogens (tertiary/aromatic N) is 1. The minimum Gasteiger partial charge on any atom is -0.459 e. The van der Waals surface area contributed by atoms with Crippen LogP contribution in [0.1, 0.15) is 59.6 Å². The third-order valence-corrected chi connectivity index (χ3v) is 7.40. The molecule has 6 nitrogen and oxygen atoms in total. The Hall–Kier alpha value is -2.04. The van der Waals surface area contributed by atoms with Crippen LogP contribution < -0.4 is 0 Å². The molecular formula is C25H30BrF2NO5S. The Morgan fingerprint density at radius 2 is 2.11 bits per heavy atom. The summed E-state index contributed by atoms with van der Waals surface area (Å²) < 4.78 is 40.4. The average molecular weight is 574 g/mol. The Labute approximate surface area is 216 Å². The maximum Gasteiger partial charge on any atom is 0.410 e. The maximum atomic E-state index is 14.8. The molecule has 0 saturated carbocycles. The molecule has 1 amide bonds. The number of hydrogen-bond acceptors (Lipinski definition) is 6. The van der Waals surface area contributed by atoms with E-state index in [1.54, 1.807) is 30.9 Å². The van der Waals surface area contributed by atoms with Crippen molar-refractivity contribution in [3.63, 3.8) is 0 Å². The number of benzene rings is 1. The molecule has 1 aliphatic heterocycles. The molecule has 0 unspecified atom stereocenters. The summed E-state index contributed by atoms with van der Waals surface area (Å²) in [5.41, 5.74) is -0.258. The van der Waals surface area contributed by atoms with E-state index in [1.165, 1.54) is 29.5 Å². The molecule has 2 atom stereocenters. The van der Waals surface area contributed by atoms with Gasteiger partial charge < -0.3 is 19.5 Å². The van der Waals surface area contributed by atoms with Crippen molar-refractivity contribution >= 4 is 39.3 Å². The minimum absolute atomic E-state index is 0.153. The normalized spacial score (nSPS) is 17.4. The number of ether oxygens (including phenoxy) is 2. The molecule has 3 rings (SSSR count). The standard InChI is InChI=1S/C25H30BrF2NO5S/c1-16(2)34-23(31)21-10-9-20(35-21)7-4-13-29-19(12-14-33-24(29)32)8-11-22(30)25(27,28)17-5-3-6-18(26)15-17/h3,5-6,9-10,15-16,19,22,30H,4,7-8,11-14H2,1-2H3/t19-,22+/m0/s1. The summed E-state index contributed by atoms with van der Waals surface area (Å²) in [6.45, 7) is 4.21. The molecule has 35 heavy (non-hydrogen) atoms. The van der Waals surface area contributed by atoms with Gasteiger partial charge in [0.15, 0.2) is 0 Å². The molecule has 1 aliphatic rings. The second-order valence-corrected chi connectivity index (χ2v) is 10.9. The SMILES string of the molecule is CC(C)OC(=O)c1ccc(CCCN2C(=O)OCC[C@@H]2CC[C@@H](O)C(F)(F)c2cccc(Br)c2)s1. The number of carbonyl (C=O) groups is 2. The van der Waals surface area contributed by atoms with E-state index in [9.17, 15) is 23.5 Å². The predicted molar refractivity (Wildman–Crippen MR) is 133 cm³/mol. The third kappa shape index (κ3) is 7.47. The van der Waals surface area contributed by atoms with Gasteiger partial charge in [-0.15, -0.1) is 11.3 Å². The summed E-state index contributed by atoms with van der Waals surface area (Å²) in [6.07, 6.45) is -0.645. The van der Waals surface area contributed by atoms with E-state index in [4.69, 9.17) is 9.47 Å². The third-order valence-electron chi connectivity index (χ3n) is 5.78. The van der Waals surface area contributed by atoms with Gasteiger partial charge in [-0.1, -0.05) is 28.1 Å². The first-order valence-electron chi connectivity index (χ1n) is 11.6. The first-order valence-corrected chi connectivity index (χ1v) is 13.2. The highest BCUT2D eigenvalue weighted by Gasteiger charge is 2.41. The Bertz CT molecular complexity index is 1020. The number of alkyl halides is 2. The van der Waals surface area contributed by atoms with Crippen LogP contribution in [-0.4, -0.2) is 53.5 Å². The molecule has 192 valence electrons. The van der Waals surface area contributed by atoms with Crippen molar-refractivity contribution in [3.05, 3.63) is 56.2 Å². The average Bonchev–Trinajstić information content (AvgIpc) is 3.27. The second kappa shape index (κ2) is 12.3. The molecule has 1 N–H and O–H groups in total. The highest BCUT2D eigenvalue weighted by Crippen LogP contribution is 2.36. The number of rotatable bonds is 11. The molecule has 0 aliphatic carbocycles. The van der Waals surface area contributed by atoms with Crippen molar-refractivity contribution < 1.29 is 33.0 Å².